The van der Waals surface area contributed by atoms with E-state index in [9.17, 15) is 53.1 Å². The fraction of sp³-hybridized carbons (Fsp3) is 0.821. The van der Waals surface area contributed by atoms with Gasteiger partial charge in [-0.05, 0) is 105 Å². The second-order valence-electron chi connectivity index (χ2n) is 23.7. The first-order valence-corrected chi connectivity index (χ1v) is 28.5. The van der Waals surface area contributed by atoms with Crippen LogP contribution in [0.2, 0.25) is 0 Å². The summed E-state index contributed by atoms with van der Waals surface area (Å²) >= 11 is 0. The van der Waals surface area contributed by atoms with E-state index in [0.29, 0.717) is 45.3 Å². The summed E-state index contributed by atoms with van der Waals surface area (Å²) in [6, 6.07) is -5.99. The van der Waals surface area contributed by atoms with Gasteiger partial charge in [0.25, 0.3) is 0 Å². The number of likely N-dealkylation sites (tertiary alicyclic amines) is 1. The van der Waals surface area contributed by atoms with Crippen LogP contribution in [0, 0.1) is 23.7 Å². The van der Waals surface area contributed by atoms with E-state index in [0.717, 1.165) is 25.7 Å². The Bertz CT molecular complexity index is 2010. The van der Waals surface area contributed by atoms with Gasteiger partial charge in [0.1, 0.15) is 52.6 Å². The zero-order chi connectivity index (χ0) is 59.9. The van der Waals surface area contributed by atoms with Crippen molar-refractivity contribution < 1.29 is 58.2 Å². The quantitative estimate of drug-likeness (QED) is 0.0402. The predicted octanol–water partition coefficient (Wildman–Crippen LogP) is 2.16. The van der Waals surface area contributed by atoms with Gasteiger partial charge in [0.05, 0.1) is 12.7 Å². The maximum Gasteiger partial charge on any atom is 0.246 e. The lowest BCUT2D eigenvalue weighted by Gasteiger charge is -2.35. The highest BCUT2D eigenvalue weighted by Gasteiger charge is 2.42. The molecule has 448 valence electrons. The monoisotopic (exact) mass is 1110 g/mol. The molecule has 1 fully saturated rings. The first-order valence-electron chi connectivity index (χ1n) is 28.5. The highest BCUT2D eigenvalue weighted by atomic mass is 16.3. The second kappa shape index (κ2) is 33.4. The Morgan fingerprint density at radius 1 is 0.641 bits per heavy atom. The van der Waals surface area contributed by atoms with Crippen molar-refractivity contribution in [1.29, 1.82) is 0 Å². The number of rotatable bonds is 36. The van der Waals surface area contributed by atoms with Crippen molar-refractivity contribution in [3.8, 4) is 0 Å². The standard InChI is InChI=1S/C56H102N10O12/c1-17-20-21-22-24-36(8)50(75)66-27-23-25-42(66)47(72)60-41(30-34(6)29-40(69)31-39(68)19-3)46(71)59-38(10)45(70)63-54(11,12)52(77)62-44(35(7)18-2)48(73)61-43(33(4)5)49(74)64-56(15,16)53(78)65-55(13,14)51(76)58-37(9)32-57-26-28-67/h33-38,40-44,57,67,69H,17-32H2,1-16H3,(H,58,76)(H,59,71)(H,60,72)(H,61,73)(H,62,77)(H,63,70)(H,64,74)(H,65,78)/t34?,35-,36?,37?,38-,40?,41?,42-,43-,44-/m0/s1. The van der Waals surface area contributed by atoms with Crippen LogP contribution < -0.4 is 47.9 Å². The maximum absolute atomic E-state index is 14.1. The van der Waals surface area contributed by atoms with Gasteiger partial charge < -0.3 is 63.0 Å². The summed E-state index contributed by atoms with van der Waals surface area (Å²) in [6.07, 6.45) is 5.57. The summed E-state index contributed by atoms with van der Waals surface area (Å²) in [4.78, 5) is 138. The van der Waals surface area contributed by atoms with Crippen LogP contribution in [0.3, 0.4) is 0 Å². The van der Waals surface area contributed by atoms with Crippen LogP contribution in [-0.4, -0.2) is 159 Å². The van der Waals surface area contributed by atoms with Gasteiger partial charge in [-0.1, -0.05) is 87.5 Å². The third kappa shape index (κ3) is 23.6. The molecule has 1 aliphatic heterocycles. The number of hydrogen-bond acceptors (Lipinski definition) is 13. The zero-order valence-electron chi connectivity index (χ0n) is 50.1. The molecule has 11 N–H and O–H groups in total. The Labute approximate surface area is 465 Å². The highest BCUT2D eigenvalue weighted by molar-refractivity contribution is 6.00. The largest absolute Gasteiger partial charge is 0.395 e. The minimum Gasteiger partial charge on any atom is -0.395 e. The summed E-state index contributed by atoms with van der Waals surface area (Å²) in [5, 5.41) is 44.5. The molecular formula is C56H102N10O12. The molecule has 78 heavy (non-hydrogen) atoms. The van der Waals surface area contributed by atoms with Crippen molar-refractivity contribution in [3.63, 3.8) is 0 Å². The number of aliphatic hydroxyl groups excluding tert-OH is 2. The number of unbranched alkanes of at least 4 members (excludes halogenated alkanes) is 3. The number of amides is 9. The van der Waals surface area contributed by atoms with Crippen molar-refractivity contribution in [1.82, 2.24) is 52.8 Å². The highest BCUT2D eigenvalue weighted by Crippen LogP contribution is 2.24. The van der Waals surface area contributed by atoms with E-state index in [1.165, 1.54) is 48.5 Å². The maximum atomic E-state index is 14.1. The van der Waals surface area contributed by atoms with Gasteiger partial charge in [-0.2, -0.15) is 0 Å². The molecule has 22 nitrogen and oxygen atoms in total. The molecule has 9 amide bonds. The summed E-state index contributed by atoms with van der Waals surface area (Å²) in [7, 11) is 0. The molecule has 1 aliphatic rings. The van der Waals surface area contributed by atoms with Crippen LogP contribution in [0.1, 0.15) is 188 Å². The fourth-order valence-corrected chi connectivity index (χ4v) is 8.99. The Balaban J connectivity index is 3.23. The lowest BCUT2D eigenvalue weighted by molar-refractivity contribution is -0.142. The van der Waals surface area contributed by atoms with Gasteiger partial charge in [0, 0.05) is 44.4 Å². The molecule has 0 radical (unpaired) electrons. The molecule has 0 aliphatic carbocycles. The number of carbonyl (C=O) groups is 10. The van der Waals surface area contributed by atoms with E-state index < -0.39 is 112 Å². The number of aliphatic hydroxyl groups is 2. The molecule has 1 saturated heterocycles. The van der Waals surface area contributed by atoms with E-state index in [-0.39, 0.29) is 61.9 Å². The van der Waals surface area contributed by atoms with Crippen LogP contribution in [0.5, 0.6) is 0 Å². The van der Waals surface area contributed by atoms with Gasteiger partial charge >= 0.3 is 0 Å². The SMILES string of the molecule is CCCCCCC(C)C(=O)N1CCC[C@H]1C(=O)NC(CC(C)CC(O)CC(=O)CC)C(=O)N[C@@H](C)C(=O)NC(C)(C)C(=O)N[C@H](C(=O)N[C@H](C(=O)NC(C)(C)C(=O)NC(C)(C)C(=O)NC(C)CNCCO)C(C)C)[C@@H](C)CC. The molecular weight excluding hydrogens is 1000 g/mol. The van der Waals surface area contributed by atoms with Crippen LogP contribution in [0.4, 0.5) is 0 Å². The predicted molar refractivity (Wildman–Crippen MR) is 299 cm³/mol. The van der Waals surface area contributed by atoms with Crippen molar-refractivity contribution in [2.45, 2.75) is 247 Å². The molecule has 0 aromatic heterocycles. The van der Waals surface area contributed by atoms with E-state index in [1.807, 2.05) is 13.8 Å². The van der Waals surface area contributed by atoms with Crippen molar-refractivity contribution in [3.05, 3.63) is 0 Å². The molecule has 0 bridgehead atoms. The molecule has 0 spiro atoms. The Kier molecular flexibility index (Phi) is 30.3. The Morgan fingerprint density at radius 3 is 1.81 bits per heavy atom. The lowest BCUT2D eigenvalue weighted by Crippen LogP contribution is -2.66. The lowest BCUT2D eigenvalue weighted by atomic mass is 9.92. The van der Waals surface area contributed by atoms with Gasteiger partial charge in [0.2, 0.25) is 53.2 Å². The number of hydrogen-bond donors (Lipinski definition) is 11. The van der Waals surface area contributed by atoms with Gasteiger partial charge in [-0.25, -0.2) is 0 Å². The topological polar surface area (TPSA) is 323 Å². The molecule has 0 aromatic rings. The van der Waals surface area contributed by atoms with E-state index in [2.05, 4.69) is 54.8 Å². The van der Waals surface area contributed by atoms with Gasteiger partial charge in [0.15, 0.2) is 0 Å². The summed E-state index contributed by atoms with van der Waals surface area (Å²) in [5.74, 6) is -7.21. The average molecular weight is 1110 g/mol. The Morgan fingerprint density at radius 2 is 1.23 bits per heavy atom. The first-order chi connectivity index (χ1) is 36.2. The van der Waals surface area contributed by atoms with Gasteiger partial charge in [-0.3, -0.25) is 47.9 Å². The van der Waals surface area contributed by atoms with Gasteiger partial charge in [-0.15, -0.1) is 0 Å². The number of nitrogens with one attached hydrogen (secondary N) is 9. The molecule has 10 atom stereocenters. The smallest absolute Gasteiger partial charge is 0.246 e. The third-order valence-corrected chi connectivity index (χ3v) is 14.5. The molecule has 22 heteroatoms. The second-order valence-corrected chi connectivity index (χ2v) is 23.7. The average Bonchev–Trinajstić information content (AvgIpc) is 3.85. The summed E-state index contributed by atoms with van der Waals surface area (Å²) in [6.45, 7) is 27.4. The minimum absolute atomic E-state index is 0.0294. The number of nitrogens with zero attached hydrogens (tertiary/aromatic N) is 1. The van der Waals surface area contributed by atoms with Crippen LogP contribution >= 0.6 is 0 Å². The Hall–Kier alpha value is -5.22. The third-order valence-electron chi connectivity index (χ3n) is 14.5. The number of carbonyl (C=O) groups excluding carboxylic acids is 10. The minimum atomic E-state index is -1.67. The van der Waals surface area contributed by atoms with Crippen molar-refractivity contribution >= 4 is 58.9 Å². The molecule has 0 aromatic carbocycles. The first kappa shape index (κ1) is 70.8. The number of ketones is 1. The molecule has 0 saturated carbocycles. The van der Waals surface area contributed by atoms with E-state index in [4.69, 9.17) is 5.11 Å². The molecule has 5 unspecified atom stereocenters. The van der Waals surface area contributed by atoms with Crippen LogP contribution in [-0.2, 0) is 47.9 Å². The van der Waals surface area contributed by atoms with Crippen molar-refractivity contribution in [2.75, 3.05) is 26.2 Å². The van der Waals surface area contributed by atoms with Crippen LogP contribution in [0.15, 0.2) is 0 Å². The zero-order valence-corrected chi connectivity index (χ0v) is 50.1. The molecule has 1 heterocycles. The van der Waals surface area contributed by atoms with E-state index in [1.54, 1.807) is 46.4 Å². The van der Waals surface area contributed by atoms with Crippen molar-refractivity contribution in [2.24, 2.45) is 23.7 Å². The van der Waals surface area contributed by atoms with E-state index >= 15 is 0 Å². The summed E-state index contributed by atoms with van der Waals surface area (Å²) in [5.41, 5.74) is -4.63. The fourth-order valence-electron chi connectivity index (χ4n) is 8.99. The number of Topliss-reactive ketones (excluding diaryl/α,β-unsaturated/α-hetero) is 1. The normalized spacial score (nSPS) is 17.4. The van der Waals surface area contributed by atoms with Crippen LogP contribution in [0.25, 0.3) is 0 Å². The summed E-state index contributed by atoms with van der Waals surface area (Å²) < 4.78 is 0. The molecule has 1 rings (SSSR count).